The molecular formula is C16H20N2O. The minimum absolute atomic E-state index is 0.634. The van der Waals surface area contributed by atoms with Gasteiger partial charge >= 0.3 is 0 Å². The highest BCUT2D eigenvalue weighted by atomic mass is 16.5. The highest BCUT2D eigenvalue weighted by Gasteiger charge is 2.07. The number of nitrogens with two attached hydrogens (primary N) is 1. The largest absolute Gasteiger partial charge is 0.490 e. The van der Waals surface area contributed by atoms with Crippen LogP contribution in [0.15, 0.2) is 48.5 Å². The number of nitrogens with zero attached hydrogens (tertiary/aromatic N) is 1. The summed E-state index contributed by atoms with van der Waals surface area (Å²) in [5.41, 5.74) is 9.02. The van der Waals surface area contributed by atoms with Gasteiger partial charge in [-0.2, -0.15) is 0 Å². The van der Waals surface area contributed by atoms with Crippen LogP contribution < -0.4 is 10.5 Å². The molecule has 0 aromatic heterocycles. The van der Waals surface area contributed by atoms with Crippen molar-refractivity contribution in [3.8, 4) is 16.9 Å². The van der Waals surface area contributed by atoms with Gasteiger partial charge in [0.2, 0.25) is 0 Å². The Morgan fingerprint density at radius 2 is 1.74 bits per heavy atom. The van der Waals surface area contributed by atoms with E-state index in [1.807, 2.05) is 50.5 Å². The van der Waals surface area contributed by atoms with Crippen molar-refractivity contribution in [3.63, 3.8) is 0 Å². The molecule has 0 unspecified atom stereocenters. The van der Waals surface area contributed by atoms with Gasteiger partial charge in [-0.15, -0.1) is 0 Å². The van der Waals surface area contributed by atoms with E-state index in [2.05, 4.69) is 17.0 Å². The van der Waals surface area contributed by atoms with Crippen molar-refractivity contribution in [2.45, 2.75) is 0 Å². The molecule has 0 aliphatic carbocycles. The number of hydrogen-bond donors (Lipinski definition) is 1. The minimum Gasteiger partial charge on any atom is -0.490 e. The molecule has 100 valence electrons. The van der Waals surface area contributed by atoms with Gasteiger partial charge in [-0.05, 0) is 25.7 Å². The van der Waals surface area contributed by atoms with Crippen LogP contribution in [0.25, 0.3) is 11.1 Å². The molecule has 0 fully saturated rings. The first-order chi connectivity index (χ1) is 9.18. The fourth-order valence-electron chi connectivity index (χ4n) is 1.88. The van der Waals surface area contributed by atoms with Crippen molar-refractivity contribution >= 4 is 5.69 Å². The number of rotatable bonds is 5. The summed E-state index contributed by atoms with van der Waals surface area (Å²) < 4.78 is 5.74. The predicted molar refractivity (Wildman–Crippen MR) is 80.3 cm³/mol. The first-order valence-corrected chi connectivity index (χ1v) is 6.40. The highest BCUT2D eigenvalue weighted by molar-refractivity contribution is 5.80. The van der Waals surface area contributed by atoms with Gasteiger partial charge in [0.1, 0.15) is 12.4 Å². The van der Waals surface area contributed by atoms with Crippen molar-refractivity contribution in [1.82, 2.24) is 4.90 Å². The third kappa shape index (κ3) is 3.48. The predicted octanol–water partition coefficient (Wildman–Crippen LogP) is 2.88. The Morgan fingerprint density at radius 3 is 2.42 bits per heavy atom. The molecule has 0 saturated heterocycles. The molecule has 19 heavy (non-hydrogen) atoms. The van der Waals surface area contributed by atoms with Gasteiger partial charge in [-0.1, -0.05) is 42.5 Å². The fourth-order valence-corrected chi connectivity index (χ4v) is 1.88. The molecule has 3 nitrogen and oxygen atoms in total. The molecule has 0 radical (unpaired) electrons. The van der Waals surface area contributed by atoms with Crippen LogP contribution in [0.4, 0.5) is 5.69 Å². The summed E-state index contributed by atoms with van der Waals surface area (Å²) in [7, 11) is 4.04. The van der Waals surface area contributed by atoms with Crippen molar-refractivity contribution in [2.75, 3.05) is 33.0 Å². The van der Waals surface area contributed by atoms with E-state index in [1.165, 1.54) is 0 Å². The van der Waals surface area contributed by atoms with Gasteiger partial charge in [0.15, 0.2) is 0 Å². The average Bonchev–Trinajstić information content (AvgIpc) is 2.41. The van der Waals surface area contributed by atoms with E-state index in [1.54, 1.807) is 0 Å². The Morgan fingerprint density at radius 1 is 1.00 bits per heavy atom. The fraction of sp³-hybridized carbons (Fsp3) is 0.250. The Hall–Kier alpha value is -2.00. The summed E-state index contributed by atoms with van der Waals surface area (Å²) in [5, 5.41) is 0. The van der Waals surface area contributed by atoms with Crippen LogP contribution in [0.3, 0.4) is 0 Å². The molecule has 0 aliphatic heterocycles. The lowest BCUT2D eigenvalue weighted by atomic mass is 10.0. The molecule has 0 atom stereocenters. The Labute approximate surface area is 114 Å². The van der Waals surface area contributed by atoms with Crippen LogP contribution in [0.5, 0.6) is 5.75 Å². The molecule has 0 heterocycles. The topological polar surface area (TPSA) is 38.5 Å². The summed E-state index contributed by atoms with van der Waals surface area (Å²) in [6.07, 6.45) is 0. The SMILES string of the molecule is CN(C)CCOc1cccc(-c2ccccc2)c1N. The summed E-state index contributed by atoms with van der Waals surface area (Å²) >= 11 is 0. The van der Waals surface area contributed by atoms with Gasteiger partial charge < -0.3 is 15.4 Å². The van der Waals surface area contributed by atoms with E-state index in [0.29, 0.717) is 12.3 Å². The van der Waals surface area contributed by atoms with E-state index < -0.39 is 0 Å². The second-order valence-corrected chi connectivity index (χ2v) is 4.74. The maximum Gasteiger partial charge on any atom is 0.142 e. The monoisotopic (exact) mass is 256 g/mol. The lowest BCUT2D eigenvalue weighted by Gasteiger charge is -2.14. The molecule has 3 heteroatoms. The number of hydrogen-bond acceptors (Lipinski definition) is 3. The summed E-state index contributed by atoms with van der Waals surface area (Å²) in [5.74, 6) is 0.753. The minimum atomic E-state index is 0.634. The number of benzene rings is 2. The molecule has 0 bridgehead atoms. The lowest BCUT2D eigenvalue weighted by Crippen LogP contribution is -2.19. The summed E-state index contributed by atoms with van der Waals surface area (Å²) in [6, 6.07) is 16.0. The number of para-hydroxylation sites is 1. The van der Waals surface area contributed by atoms with Crippen molar-refractivity contribution < 1.29 is 4.74 Å². The van der Waals surface area contributed by atoms with Crippen LogP contribution >= 0.6 is 0 Å². The maximum absolute atomic E-state index is 6.19. The first-order valence-electron chi connectivity index (χ1n) is 6.40. The quantitative estimate of drug-likeness (QED) is 0.836. The number of ether oxygens (including phenoxy) is 1. The Bertz CT molecular complexity index is 524. The van der Waals surface area contributed by atoms with Crippen LogP contribution in [0.1, 0.15) is 0 Å². The van der Waals surface area contributed by atoms with Crippen LogP contribution in [-0.2, 0) is 0 Å². The molecule has 0 spiro atoms. The van der Waals surface area contributed by atoms with E-state index >= 15 is 0 Å². The van der Waals surface area contributed by atoms with Crippen molar-refractivity contribution in [3.05, 3.63) is 48.5 Å². The van der Waals surface area contributed by atoms with Gasteiger partial charge in [0, 0.05) is 12.1 Å². The molecular weight excluding hydrogens is 236 g/mol. The number of nitrogen functional groups attached to an aromatic ring is 1. The second-order valence-electron chi connectivity index (χ2n) is 4.74. The smallest absolute Gasteiger partial charge is 0.142 e. The molecule has 2 rings (SSSR count). The maximum atomic E-state index is 6.19. The number of likely N-dealkylation sites (N-methyl/N-ethyl adjacent to an activating group) is 1. The Kier molecular flexibility index (Phi) is 4.42. The zero-order valence-corrected chi connectivity index (χ0v) is 11.5. The van der Waals surface area contributed by atoms with Gasteiger partial charge in [0.25, 0.3) is 0 Å². The van der Waals surface area contributed by atoms with E-state index in [0.717, 1.165) is 23.4 Å². The number of anilines is 1. The highest BCUT2D eigenvalue weighted by Crippen LogP contribution is 2.32. The lowest BCUT2D eigenvalue weighted by molar-refractivity contribution is 0.262. The molecule has 2 aromatic rings. The molecule has 0 saturated carbocycles. The van der Waals surface area contributed by atoms with E-state index in [9.17, 15) is 0 Å². The second kappa shape index (κ2) is 6.25. The van der Waals surface area contributed by atoms with Gasteiger partial charge in [0.05, 0.1) is 5.69 Å². The average molecular weight is 256 g/mol. The zero-order chi connectivity index (χ0) is 13.7. The molecule has 0 aliphatic rings. The van der Waals surface area contributed by atoms with Gasteiger partial charge in [-0.3, -0.25) is 0 Å². The molecule has 2 N–H and O–H groups in total. The Balaban J connectivity index is 2.19. The third-order valence-electron chi connectivity index (χ3n) is 2.95. The summed E-state index contributed by atoms with van der Waals surface area (Å²) in [6.45, 7) is 1.50. The normalized spacial score (nSPS) is 10.7. The first kappa shape index (κ1) is 13.4. The third-order valence-corrected chi connectivity index (χ3v) is 2.95. The van der Waals surface area contributed by atoms with Crippen molar-refractivity contribution in [2.24, 2.45) is 0 Å². The van der Waals surface area contributed by atoms with E-state index in [4.69, 9.17) is 10.5 Å². The van der Waals surface area contributed by atoms with Gasteiger partial charge in [-0.25, -0.2) is 0 Å². The van der Waals surface area contributed by atoms with Crippen LogP contribution in [-0.4, -0.2) is 32.1 Å². The summed E-state index contributed by atoms with van der Waals surface area (Å²) in [4.78, 5) is 2.08. The molecule has 2 aromatic carbocycles. The van der Waals surface area contributed by atoms with Crippen LogP contribution in [0, 0.1) is 0 Å². The molecule has 0 amide bonds. The van der Waals surface area contributed by atoms with E-state index in [-0.39, 0.29) is 0 Å². The van der Waals surface area contributed by atoms with Crippen molar-refractivity contribution in [1.29, 1.82) is 0 Å². The van der Waals surface area contributed by atoms with Crippen LogP contribution in [0.2, 0.25) is 0 Å². The zero-order valence-electron chi connectivity index (χ0n) is 11.5. The standard InChI is InChI=1S/C16H20N2O/c1-18(2)11-12-19-15-10-6-9-14(16(15)17)13-7-4-3-5-8-13/h3-10H,11-12,17H2,1-2H3.